The largest absolute Gasteiger partial charge is 0.458 e. The average molecular weight is 407 g/mol. The van der Waals surface area contributed by atoms with Crippen LogP contribution >= 0.6 is 33.9 Å². The van der Waals surface area contributed by atoms with Crippen molar-refractivity contribution < 1.29 is 14.3 Å². The minimum Gasteiger partial charge on any atom is -0.458 e. The fourth-order valence-corrected chi connectivity index (χ4v) is 3.53. The number of esters is 1. The van der Waals surface area contributed by atoms with Crippen LogP contribution in [0.1, 0.15) is 44.0 Å². The topological polar surface area (TPSA) is 46.6 Å². The first-order chi connectivity index (χ1) is 9.28. The molecule has 1 saturated heterocycles. The Kier molecular flexibility index (Phi) is 4.73. The van der Waals surface area contributed by atoms with Gasteiger partial charge in [-0.15, -0.1) is 11.3 Å². The number of thiophene rings is 1. The first kappa shape index (κ1) is 15.8. The van der Waals surface area contributed by atoms with Crippen molar-refractivity contribution in [3.05, 3.63) is 19.9 Å². The molecule has 0 unspecified atom stereocenters. The summed E-state index contributed by atoms with van der Waals surface area (Å²) in [6.45, 7) is 6.14. The fourth-order valence-electron chi connectivity index (χ4n) is 2.21. The number of hydrogen-bond acceptors (Lipinski definition) is 4. The summed E-state index contributed by atoms with van der Waals surface area (Å²) in [5.74, 6) is -0.370. The summed E-state index contributed by atoms with van der Waals surface area (Å²) in [5.41, 5.74) is 0.140. The minimum absolute atomic E-state index is 0.0717. The highest BCUT2D eigenvalue weighted by atomic mass is 127. The van der Waals surface area contributed by atoms with E-state index >= 15 is 0 Å². The molecule has 2 heterocycles. The number of hydrogen-bond donors (Lipinski definition) is 0. The van der Waals surface area contributed by atoms with Crippen LogP contribution in [-0.2, 0) is 9.53 Å². The normalized spacial score (nSPS) is 19.2. The molecule has 1 amide bonds. The van der Waals surface area contributed by atoms with Gasteiger partial charge in [-0.05, 0) is 62.3 Å². The van der Waals surface area contributed by atoms with Crippen LogP contribution in [0.4, 0.5) is 0 Å². The molecule has 1 aromatic heterocycles. The number of nitrogens with zero attached hydrogens (tertiary/aromatic N) is 1. The van der Waals surface area contributed by atoms with Crippen LogP contribution in [0.25, 0.3) is 0 Å². The quantitative estimate of drug-likeness (QED) is 0.559. The molecule has 1 aromatic rings. The van der Waals surface area contributed by atoms with E-state index in [-0.39, 0.29) is 11.9 Å². The third kappa shape index (κ3) is 3.72. The van der Waals surface area contributed by atoms with E-state index < -0.39 is 11.6 Å². The number of halogens is 1. The highest BCUT2D eigenvalue weighted by Crippen LogP contribution is 2.25. The number of likely N-dealkylation sites (tertiary alicyclic amines) is 1. The Hall–Kier alpha value is -0.630. The summed E-state index contributed by atoms with van der Waals surface area (Å²) >= 11 is 3.72. The van der Waals surface area contributed by atoms with Crippen molar-refractivity contribution in [2.45, 2.75) is 45.3 Å². The molecule has 2 rings (SSSR count). The summed E-state index contributed by atoms with van der Waals surface area (Å²) in [6.07, 6.45) is 1.53. The van der Waals surface area contributed by atoms with Crippen molar-refractivity contribution in [2.75, 3.05) is 6.54 Å². The first-order valence-corrected chi connectivity index (χ1v) is 8.51. The van der Waals surface area contributed by atoms with Crippen LogP contribution in [0, 0.1) is 2.88 Å². The summed E-state index contributed by atoms with van der Waals surface area (Å²) in [5, 5.41) is 1.84. The molecular formula is C14H18INO3S. The standard InChI is InChI=1S/C14H18INO3S/c1-14(2,3)19-13(18)10-5-4-6-16(10)12(17)9-7-11(15)20-8-9/h7-8,10H,4-6H2,1-3H3/t10-/m0/s1. The second-order valence-corrected chi connectivity index (χ2v) is 8.63. The van der Waals surface area contributed by atoms with Gasteiger partial charge in [0.1, 0.15) is 11.6 Å². The molecule has 0 bridgehead atoms. The van der Waals surface area contributed by atoms with Gasteiger partial charge in [-0.25, -0.2) is 4.79 Å². The summed E-state index contributed by atoms with van der Waals surface area (Å²) in [6, 6.07) is 1.41. The van der Waals surface area contributed by atoms with Gasteiger partial charge in [0.25, 0.3) is 5.91 Å². The van der Waals surface area contributed by atoms with Crippen LogP contribution in [0.2, 0.25) is 0 Å². The molecule has 0 aliphatic carbocycles. The van der Waals surface area contributed by atoms with E-state index in [1.165, 1.54) is 11.3 Å². The van der Waals surface area contributed by atoms with E-state index in [9.17, 15) is 9.59 Å². The molecule has 0 radical (unpaired) electrons. The van der Waals surface area contributed by atoms with Gasteiger partial charge < -0.3 is 9.64 Å². The van der Waals surface area contributed by atoms with Gasteiger partial charge in [0.05, 0.1) is 8.45 Å². The monoisotopic (exact) mass is 407 g/mol. The number of carbonyl (C=O) groups excluding carboxylic acids is 2. The van der Waals surface area contributed by atoms with Crippen molar-refractivity contribution in [1.29, 1.82) is 0 Å². The molecule has 0 spiro atoms. The fraction of sp³-hybridized carbons (Fsp3) is 0.571. The van der Waals surface area contributed by atoms with E-state index in [1.807, 2.05) is 32.2 Å². The lowest BCUT2D eigenvalue weighted by Gasteiger charge is -2.27. The highest BCUT2D eigenvalue weighted by molar-refractivity contribution is 14.1. The molecule has 1 atom stereocenters. The van der Waals surface area contributed by atoms with Crippen LogP contribution in [0.5, 0.6) is 0 Å². The lowest BCUT2D eigenvalue weighted by molar-refractivity contribution is -0.159. The maximum absolute atomic E-state index is 12.5. The zero-order valence-electron chi connectivity index (χ0n) is 11.8. The predicted molar refractivity (Wildman–Crippen MR) is 86.9 cm³/mol. The van der Waals surface area contributed by atoms with Crippen LogP contribution in [0.15, 0.2) is 11.4 Å². The molecule has 6 heteroatoms. The third-order valence-electron chi connectivity index (χ3n) is 3.01. The lowest BCUT2D eigenvalue weighted by atomic mass is 10.1. The minimum atomic E-state index is -0.522. The van der Waals surface area contributed by atoms with Crippen molar-refractivity contribution in [3.8, 4) is 0 Å². The van der Waals surface area contributed by atoms with Gasteiger partial charge >= 0.3 is 5.97 Å². The third-order valence-corrected chi connectivity index (χ3v) is 4.80. The van der Waals surface area contributed by atoms with Crippen LogP contribution in [0.3, 0.4) is 0 Å². The van der Waals surface area contributed by atoms with Crippen LogP contribution < -0.4 is 0 Å². The zero-order chi connectivity index (χ0) is 14.9. The van der Waals surface area contributed by atoms with E-state index in [0.29, 0.717) is 18.5 Å². The zero-order valence-corrected chi connectivity index (χ0v) is 14.8. The Morgan fingerprint density at radius 1 is 1.45 bits per heavy atom. The number of amides is 1. The Balaban J connectivity index is 2.11. The van der Waals surface area contributed by atoms with E-state index in [1.54, 1.807) is 4.90 Å². The SMILES string of the molecule is CC(C)(C)OC(=O)[C@@H]1CCCN1C(=O)c1csc(I)c1. The highest BCUT2D eigenvalue weighted by Gasteiger charge is 2.37. The van der Waals surface area contributed by atoms with Crippen molar-refractivity contribution in [2.24, 2.45) is 0 Å². The van der Waals surface area contributed by atoms with E-state index in [4.69, 9.17) is 4.74 Å². The number of carbonyl (C=O) groups is 2. The van der Waals surface area contributed by atoms with Gasteiger partial charge in [-0.3, -0.25) is 4.79 Å². The van der Waals surface area contributed by atoms with Gasteiger partial charge in [0, 0.05) is 11.9 Å². The Labute approximate surface area is 136 Å². The molecule has 0 saturated carbocycles. The van der Waals surface area contributed by atoms with E-state index in [2.05, 4.69) is 22.6 Å². The van der Waals surface area contributed by atoms with Gasteiger partial charge in [0.15, 0.2) is 0 Å². The Morgan fingerprint density at radius 3 is 2.70 bits per heavy atom. The van der Waals surface area contributed by atoms with Gasteiger partial charge in [-0.2, -0.15) is 0 Å². The summed E-state index contributed by atoms with van der Waals surface area (Å²) in [7, 11) is 0. The molecular weight excluding hydrogens is 389 g/mol. The number of rotatable bonds is 2. The molecule has 110 valence electrons. The Morgan fingerprint density at radius 2 is 2.15 bits per heavy atom. The maximum Gasteiger partial charge on any atom is 0.329 e. The molecule has 1 fully saturated rings. The first-order valence-electron chi connectivity index (χ1n) is 6.56. The van der Waals surface area contributed by atoms with Crippen molar-refractivity contribution in [3.63, 3.8) is 0 Å². The summed E-state index contributed by atoms with van der Waals surface area (Å²) < 4.78 is 6.48. The average Bonchev–Trinajstić information content (AvgIpc) is 2.93. The van der Waals surface area contributed by atoms with Gasteiger partial charge in [-0.1, -0.05) is 0 Å². The smallest absolute Gasteiger partial charge is 0.329 e. The molecule has 1 aliphatic rings. The Bertz CT molecular complexity index is 521. The second kappa shape index (κ2) is 6.01. The summed E-state index contributed by atoms with van der Waals surface area (Å²) in [4.78, 5) is 26.3. The maximum atomic E-state index is 12.5. The van der Waals surface area contributed by atoms with E-state index in [0.717, 1.165) is 9.30 Å². The van der Waals surface area contributed by atoms with Crippen molar-refractivity contribution in [1.82, 2.24) is 4.90 Å². The lowest BCUT2D eigenvalue weighted by Crippen LogP contribution is -2.43. The molecule has 1 aliphatic heterocycles. The molecule has 4 nitrogen and oxygen atoms in total. The molecule has 0 aromatic carbocycles. The predicted octanol–water partition coefficient (Wildman–Crippen LogP) is 3.30. The molecule has 20 heavy (non-hydrogen) atoms. The van der Waals surface area contributed by atoms with Crippen LogP contribution in [-0.4, -0.2) is 35.0 Å². The second-order valence-electron chi connectivity index (χ2n) is 5.83. The number of ether oxygens (including phenoxy) is 1. The van der Waals surface area contributed by atoms with Crippen molar-refractivity contribution >= 4 is 45.8 Å². The van der Waals surface area contributed by atoms with Gasteiger partial charge in [0.2, 0.25) is 0 Å². The molecule has 0 N–H and O–H groups in total.